The first-order valence-corrected chi connectivity index (χ1v) is 5.42. The summed E-state index contributed by atoms with van der Waals surface area (Å²) >= 11 is 0. The predicted molar refractivity (Wildman–Crippen MR) is 54.6 cm³/mol. The molecule has 4 N–H and O–H groups in total. The third-order valence-corrected chi connectivity index (χ3v) is 3.43. The molecular formula is C10H17N3O2. The molecule has 1 aliphatic heterocycles. The molecule has 1 aliphatic carbocycles. The van der Waals surface area contributed by atoms with Gasteiger partial charge in [-0.05, 0) is 25.2 Å². The maximum Gasteiger partial charge on any atom is 0.240 e. The van der Waals surface area contributed by atoms with Gasteiger partial charge in [0, 0.05) is 12.6 Å². The highest BCUT2D eigenvalue weighted by Crippen LogP contribution is 2.37. The minimum atomic E-state index is -0.748. The first-order valence-electron chi connectivity index (χ1n) is 5.42. The Kier molecular flexibility index (Phi) is 2.65. The van der Waals surface area contributed by atoms with Crippen LogP contribution >= 0.6 is 0 Å². The number of nitrogens with two attached hydrogens (primary N) is 2. The highest BCUT2D eigenvalue weighted by atomic mass is 16.2. The van der Waals surface area contributed by atoms with Crippen molar-refractivity contribution in [1.29, 1.82) is 0 Å². The van der Waals surface area contributed by atoms with Crippen molar-refractivity contribution in [2.24, 2.45) is 17.4 Å². The standard InChI is InChI=1S/C10H17N3O2/c11-8(4-9(12)14)10(15)13-5-6-1-2-7(13)3-6/h6-8H,1-5,11H2,(H2,12,14). The molecule has 0 radical (unpaired) electrons. The Morgan fingerprint density at radius 2 is 2.13 bits per heavy atom. The van der Waals surface area contributed by atoms with Gasteiger partial charge >= 0.3 is 0 Å². The van der Waals surface area contributed by atoms with Crippen LogP contribution < -0.4 is 11.5 Å². The lowest BCUT2D eigenvalue weighted by atomic mass is 10.1. The molecule has 2 aliphatic rings. The van der Waals surface area contributed by atoms with Gasteiger partial charge in [0.05, 0.1) is 12.5 Å². The second-order valence-corrected chi connectivity index (χ2v) is 4.60. The number of carbonyl (C=O) groups excluding carboxylic acids is 2. The molecule has 0 spiro atoms. The second kappa shape index (κ2) is 3.81. The maximum atomic E-state index is 11.9. The number of primary amides is 1. The van der Waals surface area contributed by atoms with E-state index in [1.54, 1.807) is 0 Å². The average Bonchev–Trinajstić information content (AvgIpc) is 2.76. The topological polar surface area (TPSA) is 89.4 Å². The zero-order valence-corrected chi connectivity index (χ0v) is 8.69. The van der Waals surface area contributed by atoms with Crippen molar-refractivity contribution in [2.75, 3.05) is 6.54 Å². The van der Waals surface area contributed by atoms with Gasteiger partial charge in [-0.2, -0.15) is 0 Å². The van der Waals surface area contributed by atoms with E-state index in [2.05, 4.69) is 0 Å². The van der Waals surface area contributed by atoms with E-state index in [-0.39, 0.29) is 12.3 Å². The van der Waals surface area contributed by atoms with Crippen molar-refractivity contribution >= 4 is 11.8 Å². The molecule has 2 amide bonds. The van der Waals surface area contributed by atoms with E-state index in [0.717, 1.165) is 19.4 Å². The van der Waals surface area contributed by atoms with Crippen LogP contribution in [0, 0.1) is 5.92 Å². The van der Waals surface area contributed by atoms with Crippen LogP contribution in [0.3, 0.4) is 0 Å². The Balaban J connectivity index is 1.93. The molecule has 1 saturated heterocycles. The largest absolute Gasteiger partial charge is 0.370 e. The van der Waals surface area contributed by atoms with E-state index in [9.17, 15) is 9.59 Å². The lowest BCUT2D eigenvalue weighted by Crippen LogP contribution is -2.48. The van der Waals surface area contributed by atoms with Crippen LogP contribution in [0.25, 0.3) is 0 Å². The molecule has 1 heterocycles. The Labute approximate surface area is 88.8 Å². The van der Waals surface area contributed by atoms with E-state index in [4.69, 9.17) is 11.5 Å². The molecule has 2 bridgehead atoms. The number of hydrogen-bond donors (Lipinski definition) is 2. The van der Waals surface area contributed by atoms with Crippen LogP contribution in [0.15, 0.2) is 0 Å². The number of piperidine rings is 1. The monoisotopic (exact) mass is 211 g/mol. The van der Waals surface area contributed by atoms with Crippen LogP contribution in [0.2, 0.25) is 0 Å². The smallest absolute Gasteiger partial charge is 0.240 e. The van der Waals surface area contributed by atoms with Crippen LogP contribution in [0.5, 0.6) is 0 Å². The highest BCUT2D eigenvalue weighted by Gasteiger charge is 2.41. The summed E-state index contributed by atoms with van der Waals surface area (Å²) in [7, 11) is 0. The van der Waals surface area contributed by atoms with Crippen molar-refractivity contribution in [1.82, 2.24) is 4.90 Å². The summed E-state index contributed by atoms with van der Waals surface area (Å²) in [5, 5.41) is 0. The summed E-state index contributed by atoms with van der Waals surface area (Å²) in [5.74, 6) is 0.0286. The molecule has 2 fully saturated rings. The fourth-order valence-electron chi connectivity index (χ4n) is 2.71. The van der Waals surface area contributed by atoms with E-state index >= 15 is 0 Å². The minimum Gasteiger partial charge on any atom is -0.370 e. The Hall–Kier alpha value is -1.10. The Morgan fingerprint density at radius 1 is 1.40 bits per heavy atom. The summed E-state index contributed by atoms with van der Waals surface area (Å²) in [6, 6.07) is -0.386. The van der Waals surface area contributed by atoms with E-state index in [0.29, 0.717) is 12.0 Å². The molecular weight excluding hydrogens is 194 g/mol. The predicted octanol–water partition coefficient (Wildman–Crippen LogP) is -0.800. The van der Waals surface area contributed by atoms with Gasteiger partial charge in [-0.15, -0.1) is 0 Å². The normalized spacial score (nSPS) is 30.6. The molecule has 15 heavy (non-hydrogen) atoms. The lowest BCUT2D eigenvalue weighted by molar-refractivity contribution is -0.136. The van der Waals surface area contributed by atoms with Crippen molar-refractivity contribution < 1.29 is 9.59 Å². The highest BCUT2D eigenvalue weighted by molar-refractivity contribution is 5.88. The van der Waals surface area contributed by atoms with Crippen molar-refractivity contribution in [3.8, 4) is 0 Å². The molecule has 3 atom stereocenters. The van der Waals surface area contributed by atoms with Gasteiger partial charge in [-0.1, -0.05) is 0 Å². The van der Waals surface area contributed by atoms with E-state index in [1.807, 2.05) is 4.90 Å². The summed E-state index contributed by atoms with van der Waals surface area (Å²) in [5.41, 5.74) is 10.7. The molecule has 0 aromatic carbocycles. The van der Waals surface area contributed by atoms with Gasteiger partial charge in [-0.25, -0.2) is 0 Å². The van der Waals surface area contributed by atoms with Crippen LogP contribution in [0.1, 0.15) is 25.7 Å². The zero-order chi connectivity index (χ0) is 11.0. The summed E-state index contributed by atoms with van der Waals surface area (Å²) in [6.45, 7) is 0.815. The van der Waals surface area contributed by atoms with E-state index < -0.39 is 11.9 Å². The Morgan fingerprint density at radius 3 is 2.60 bits per heavy atom. The van der Waals surface area contributed by atoms with Gasteiger partial charge in [0.25, 0.3) is 0 Å². The number of nitrogens with zero attached hydrogens (tertiary/aromatic N) is 1. The number of fused-ring (bicyclic) bond motifs is 2. The minimum absolute atomic E-state index is 0.0489. The van der Waals surface area contributed by atoms with Gasteiger partial charge in [-0.3, -0.25) is 9.59 Å². The molecule has 0 aromatic rings. The third-order valence-electron chi connectivity index (χ3n) is 3.43. The van der Waals surface area contributed by atoms with Crippen molar-refractivity contribution in [3.63, 3.8) is 0 Å². The molecule has 5 heteroatoms. The van der Waals surface area contributed by atoms with Gasteiger partial charge < -0.3 is 16.4 Å². The van der Waals surface area contributed by atoms with Crippen LogP contribution in [0.4, 0.5) is 0 Å². The fraction of sp³-hybridized carbons (Fsp3) is 0.800. The molecule has 84 valence electrons. The number of carbonyl (C=O) groups is 2. The second-order valence-electron chi connectivity index (χ2n) is 4.60. The molecule has 3 unspecified atom stereocenters. The number of likely N-dealkylation sites (tertiary alicyclic amines) is 1. The van der Waals surface area contributed by atoms with Crippen LogP contribution in [-0.2, 0) is 9.59 Å². The maximum absolute atomic E-state index is 11.9. The first kappa shape index (κ1) is 10.4. The van der Waals surface area contributed by atoms with Crippen LogP contribution in [-0.4, -0.2) is 35.3 Å². The van der Waals surface area contributed by atoms with Crippen molar-refractivity contribution in [2.45, 2.75) is 37.8 Å². The third kappa shape index (κ3) is 1.97. The SMILES string of the molecule is NC(=O)CC(N)C(=O)N1CC2CCC1C2. The summed E-state index contributed by atoms with van der Waals surface area (Å²) < 4.78 is 0. The first-order chi connectivity index (χ1) is 7.08. The Bertz CT molecular complexity index is 292. The van der Waals surface area contributed by atoms with Gasteiger partial charge in [0.1, 0.15) is 0 Å². The zero-order valence-electron chi connectivity index (χ0n) is 8.69. The molecule has 2 rings (SSSR count). The lowest BCUT2D eigenvalue weighted by Gasteiger charge is -2.29. The molecule has 5 nitrogen and oxygen atoms in total. The number of amides is 2. The molecule has 1 saturated carbocycles. The average molecular weight is 211 g/mol. The number of rotatable bonds is 3. The van der Waals surface area contributed by atoms with Gasteiger partial charge in [0.2, 0.25) is 11.8 Å². The summed E-state index contributed by atoms with van der Waals surface area (Å²) in [4.78, 5) is 24.4. The van der Waals surface area contributed by atoms with Crippen molar-refractivity contribution in [3.05, 3.63) is 0 Å². The molecule has 0 aromatic heterocycles. The summed E-state index contributed by atoms with van der Waals surface area (Å²) in [6.07, 6.45) is 3.36. The van der Waals surface area contributed by atoms with E-state index in [1.165, 1.54) is 6.42 Å². The fourth-order valence-corrected chi connectivity index (χ4v) is 2.71. The number of hydrogen-bond acceptors (Lipinski definition) is 3. The van der Waals surface area contributed by atoms with Gasteiger partial charge in [0.15, 0.2) is 0 Å². The quantitative estimate of drug-likeness (QED) is 0.640.